The number of carbonyl (C=O) groups is 2. The van der Waals surface area contributed by atoms with E-state index >= 15 is 0 Å². The van der Waals surface area contributed by atoms with Crippen LogP contribution in [0.4, 0.5) is 5.69 Å². The molecule has 0 spiro atoms. The summed E-state index contributed by atoms with van der Waals surface area (Å²) in [5, 5.41) is 0. The van der Waals surface area contributed by atoms with Crippen LogP contribution in [0.5, 0.6) is 0 Å². The largest absolute Gasteiger partial charge is 0.399 e. The number of rotatable bonds is 3. The van der Waals surface area contributed by atoms with Crippen molar-refractivity contribution in [2.45, 2.75) is 6.42 Å². The number of morpholine rings is 1. The topological polar surface area (TPSA) is 72.6 Å². The highest BCUT2D eigenvalue weighted by molar-refractivity contribution is 5.98. The fraction of sp³-hybridized carbons (Fsp3) is 0.333. The number of amides is 2. The zero-order valence-electron chi connectivity index (χ0n) is 9.39. The van der Waals surface area contributed by atoms with Crippen molar-refractivity contribution in [1.82, 2.24) is 4.90 Å². The van der Waals surface area contributed by atoms with Crippen LogP contribution < -0.4 is 5.73 Å². The van der Waals surface area contributed by atoms with Crippen molar-refractivity contribution < 1.29 is 14.3 Å². The van der Waals surface area contributed by atoms with Crippen molar-refractivity contribution in [1.29, 1.82) is 0 Å². The molecule has 1 heterocycles. The second-order valence-electron chi connectivity index (χ2n) is 3.88. The quantitative estimate of drug-likeness (QED) is 0.599. The van der Waals surface area contributed by atoms with Crippen LogP contribution >= 0.6 is 0 Å². The second-order valence-corrected chi connectivity index (χ2v) is 3.88. The third-order valence-electron chi connectivity index (χ3n) is 2.71. The SMILES string of the molecule is Nc1ccccc1CCN1C(=O)COCC1=O. The van der Waals surface area contributed by atoms with Crippen LogP contribution in [0.3, 0.4) is 0 Å². The van der Waals surface area contributed by atoms with Gasteiger partial charge in [0.25, 0.3) is 11.8 Å². The monoisotopic (exact) mass is 234 g/mol. The molecular weight excluding hydrogens is 220 g/mol. The van der Waals surface area contributed by atoms with E-state index in [4.69, 9.17) is 10.5 Å². The zero-order chi connectivity index (χ0) is 12.3. The summed E-state index contributed by atoms with van der Waals surface area (Å²) in [5.74, 6) is -0.563. The first-order valence-corrected chi connectivity index (χ1v) is 5.43. The molecule has 1 saturated heterocycles. The molecule has 5 nitrogen and oxygen atoms in total. The van der Waals surface area contributed by atoms with Gasteiger partial charge in [-0.1, -0.05) is 18.2 Å². The van der Waals surface area contributed by atoms with Crippen LogP contribution in [0, 0.1) is 0 Å². The number of hydrogen-bond acceptors (Lipinski definition) is 4. The molecule has 90 valence electrons. The van der Waals surface area contributed by atoms with Gasteiger partial charge in [-0.2, -0.15) is 0 Å². The van der Waals surface area contributed by atoms with E-state index in [9.17, 15) is 9.59 Å². The molecule has 1 aromatic rings. The average Bonchev–Trinajstić information content (AvgIpc) is 2.30. The van der Waals surface area contributed by atoms with Crippen LogP contribution in [-0.2, 0) is 20.7 Å². The average molecular weight is 234 g/mol. The number of anilines is 1. The summed E-state index contributed by atoms with van der Waals surface area (Å²) in [6.07, 6.45) is 0.574. The number of carbonyl (C=O) groups excluding carboxylic acids is 2. The molecule has 0 unspecified atom stereocenters. The normalized spacial score (nSPS) is 16.4. The molecule has 1 fully saturated rings. The van der Waals surface area contributed by atoms with E-state index in [1.54, 1.807) is 6.07 Å². The Morgan fingerprint density at radius 1 is 1.18 bits per heavy atom. The molecule has 2 rings (SSSR count). The molecule has 0 aliphatic carbocycles. The summed E-state index contributed by atoms with van der Waals surface area (Å²) >= 11 is 0. The third kappa shape index (κ3) is 2.62. The molecule has 0 radical (unpaired) electrons. The van der Waals surface area contributed by atoms with E-state index in [0.29, 0.717) is 18.7 Å². The first-order valence-electron chi connectivity index (χ1n) is 5.43. The van der Waals surface area contributed by atoms with E-state index in [1.807, 2.05) is 18.2 Å². The van der Waals surface area contributed by atoms with Gasteiger partial charge >= 0.3 is 0 Å². The Labute approximate surface area is 99.2 Å². The smallest absolute Gasteiger partial charge is 0.255 e. The highest BCUT2D eigenvalue weighted by atomic mass is 16.5. The summed E-state index contributed by atoms with van der Waals surface area (Å²) in [6.45, 7) is 0.321. The molecule has 17 heavy (non-hydrogen) atoms. The fourth-order valence-electron chi connectivity index (χ4n) is 1.76. The predicted octanol–water partition coefficient (Wildman–Crippen LogP) is 0.197. The number of imide groups is 1. The minimum Gasteiger partial charge on any atom is -0.399 e. The number of nitrogen functional groups attached to an aromatic ring is 1. The molecule has 0 atom stereocenters. The van der Waals surface area contributed by atoms with E-state index in [1.165, 1.54) is 4.90 Å². The summed E-state index contributed by atoms with van der Waals surface area (Å²) in [5.41, 5.74) is 7.42. The summed E-state index contributed by atoms with van der Waals surface area (Å²) < 4.78 is 4.83. The first kappa shape index (κ1) is 11.6. The lowest BCUT2D eigenvalue weighted by atomic mass is 10.1. The second kappa shape index (κ2) is 4.97. The Balaban J connectivity index is 2.00. The predicted molar refractivity (Wildman–Crippen MR) is 62.1 cm³/mol. The van der Waals surface area contributed by atoms with Gasteiger partial charge in [0.05, 0.1) is 0 Å². The summed E-state index contributed by atoms with van der Waals surface area (Å²) in [6, 6.07) is 7.43. The summed E-state index contributed by atoms with van der Waals surface area (Å²) in [4.78, 5) is 24.2. The van der Waals surface area contributed by atoms with E-state index < -0.39 is 0 Å². The zero-order valence-corrected chi connectivity index (χ0v) is 9.39. The van der Waals surface area contributed by atoms with Gasteiger partial charge in [0.15, 0.2) is 0 Å². The van der Waals surface area contributed by atoms with Gasteiger partial charge in [0, 0.05) is 12.2 Å². The molecule has 1 aliphatic heterocycles. The third-order valence-corrected chi connectivity index (χ3v) is 2.71. The van der Waals surface area contributed by atoms with E-state index in [2.05, 4.69) is 0 Å². The molecule has 2 amide bonds. The number of nitrogens with zero attached hydrogens (tertiary/aromatic N) is 1. The lowest BCUT2D eigenvalue weighted by Crippen LogP contribution is -2.47. The van der Waals surface area contributed by atoms with Crippen molar-refractivity contribution in [3.05, 3.63) is 29.8 Å². The first-order chi connectivity index (χ1) is 8.18. The Bertz CT molecular complexity index is 429. The Hall–Kier alpha value is -1.88. The van der Waals surface area contributed by atoms with Crippen molar-refractivity contribution in [3.63, 3.8) is 0 Å². The van der Waals surface area contributed by atoms with Gasteiger partial charge in [0.2, 0.25) is 0 Å². The Morgan fingerprint density at radius 3 is 2.47 bits per heavy atom. The Kier molecular flexibility index (Phi) is 3.39. The molecule has 1 aliphatic rings. The van der Waals surface area contributed by atoms with Crippen LogP contribution in [0.1, 0.15) is 5.56 Å². The van der Waals surface area contributed by atoms with Crippen LogP contribution in [0.25, 0.3) is 0 Å². The van der Waals surface area contributed by atoms with E-state index in [0.717, 1.165) is 5.56 Å². The number of hydrogen-bond donors (Lipinski definition) is 1. The number of ether oxygens (including phenoxy) is 1. The van der Waals surface area contributed by atoms with Crippen molar-refractivity contribution in [3.8, 4) is 0 Å². The lowest BCUT2D eigenvalue weighted by Gasteiger charge is -2.24. The maximum atomic E-state index is 11.5. The minimum atomic E-state index is -0.282. The van der Waals surface area contributed by atoms with Gasteiger partial charge in [-0.15, -0.1) is 0 Å². The number of nitrogens with two attached hydrogens (primary N) is 1. The molecule has 0 aromatic heterocycles. The molecule has 1 aromatic carbocycles. The lowest BCUT2D eigenvalue weighted by molar-refractivity contribution is -0.158. The van der Waals surface area contributed by atoms with Crippen molar-refractivity contribution >= 4 is 17.5 Å². The van der Waals surface area contributed by atoms with Gasteiger partial charge in [-0.05, 0) is 18.1 Å². The van der Waals surface area contributed by atoms with Gasteiger partial charge < -0.3 is 10.5 Å². The standard InChI is InChI=1S/C12H14N2O3/c13-10-4-2-1-3-9(10)5-6-14-11(15)7-17-8-12(14)16/h1-4H,5-8,13H2. The fourth-order valence-corrected chi connectivity index (χ4v) is 1.76. The molecule has 0 saturated carbocycles. The van der Waals surface area contributed by atoms with E-state index in [-0.39, 0.29) is 25.0 Å². The van der Waals surface area contributed by atoms with Gasteiger partial charge in [-0.3, -0.25) is 14.5 Å². The van der Waals surface area contributed by atoms with Crippen LogP contribution in [-0.4, -0.2) is 36.5 Å². The molecule has 2 N–H and O–H groups in total. The molecule has 5 heteroatoms. The maximum absolute atomic E-state index is 11.5. The molecule has 0 bridgehead atoms. The van der Waals surface area contributed by atoms with Gasteiger partial charge in [-0.25, -0.2) is 0 Å². The number of para-hydroxylation sites is 1. The van der Waals surface area contributed by atoms with Crippen molar-refractivity contribution in [2.24, 2.45) is 0 Å². The maximum Gasteiger partial charge on any atom is 0.255 e. The Morgan fingerprint density at radius 2 is 1.82 bits per heavy atom. The highest BCUT2D eigenvalue weighted by Gasteiger charge is 2.26. The number of benzene rings is 1. The van der Waals surface area contributed by atoms with Crippen LogP contribution in [0.15, 0.2) is 24.3 Å². The minimum absolute atomic E-state index is 0.0178. The molecular formula is C12H14N2O3. The summed E-state index contributed by atoms with van der Waals surface area (Å²) in [7, 11) is 0. The van der Waals surface area contributed by atoms with Crippen LogP contribution in [0.2, 0.25) is 0 Å². The van der Waals surface area contributed by atoms with Crippen molar-refractivity contribution in [2.75, 3.05) is 25.5 Å². The highest BCUT2D eigenvalue weighted by Crippen LogP contribution is 2.12. The van der Waals surface area contributed by atoms with Gasteiger partial charge in [0.1, 0.15) is 13.2 Å².